The van der Waals surface area contributed by atoms with Gasteiger partial charge in [-0.05, 0) is 25.3 Å². The van der Waals surface area contributed by atoms with Crippen molar-refractivity contribution in [1.29, 1.82) is 0 Å². The van der Waals surface area contributed by atoms with Crippen molar-refractivity contribution >= 4 is 5.69 Å². The molecule has 5 N–H and O–H groups in total. The summed E-state index contributed by atoms with van der Waals surface area (Å²) in [7, 11) is 0. The van der Waals surface area contributed by atoms with E-state index in [0.717, 1.165) is 37.1 Å². The van der Waals surface area contributed by atoms with Gasteiger partial charge in [0, 0.05) is 30.3 Å². The number of nitrogen functional groups attached to an aromatic ring is 1. The summed E-state index contributed by atoms with van der Waals surface area (Å²) in [4.78, 5) is 4.07. The molecule has 1 aliphatic heterocycles. The van der Waals surface area contributed by atoms with E-state index in [4.69, 9.17) is 16.3 Å². The fourth-order valence-electron chi connectivity index (χ4n) is 2.09. The molecule has 5 nitrogen and oxygen atoms in total. The van der Waals surface area contributed by atoms with Crippen LogP contribution >= 0.6 is 0 Å². The van der Waals surface area contributed by atoms with E-state index in [1.807, 2.05) is 0 Å². The van der Waals surface area contributed by atoms with Crippen LogP contribution < -0.4 is 17.0 Å². The molecule has 0 aliphatic carbocycles. The van der Waals surface area contributed by atoms with Crippen LogP contribution in [0.15, 0.2) is 18.5 Å². The number of nitrogens with one attached hydrogen (secondary N) is 1. The van der Waals surface area contributed by atoms with Crippen LogP contribution in [0.1, 0.15) is 30.9 Å². The number of hydrogen-bond donors (Lipinski definition) is 3. The molecule has 2 rings (SSSR count). The van der Waals surface area contributed by atoms with Gasteiger partial charge in [-0.2, -0.15) is 0 Å². The van der Waals surface area contributed by atoms with Crippen LogP contribution in [-0.2, 0) is 4.74 Å². The second-order valence-corrected chi connectivity index (χ2v) is 4.09. The molecule has 88 valence electrons. The van der Waals surface area contributed by atoms with Crippen LogP contribution in [-0.4, -0.2) is 17.7 Å². The number of hydrogen-bond acceptors (Lipinski definition) is 5. The highest BCUT2D eigenvalue weighted by Gasteiger charge is 2.22. The lowest BCUT2D eigenvalue weighted by Gasteiger charge is -2.20. The van der Waals surface area contributed by atoms with Crippen molar-refractivity contribution in [3.05, 3.63) is 24.0 Å². The third-order valence-electron chi connectivity index (χ3n) is 2.99. The van der Waals surface area contributed by atoms with Crippen molar-refractivity contribution in [2.24, 2.45) is 5.84 Å². The molecule has 0 aromatic carbocycles. The van der Waals surface area contributed by atoms with Crippen molar-refractivity contribution in [2.45, 2.75) is 31.4 Å². The van der Waals surface area contributed by atoms with Gasteiger partial charge in [0.1, 0.15) is 0 Å². The van der Waals surface area contributed by atoms with Crippen molar-refractivity contribution < 1.29 is 4.74 Å². The van der Waals surface area contributed by atoms with Gasteiger partial charge in [-0.3, -0.25) is 16.3 Å². The van der Waals surface area contributed by atoms with Crippen LogP contribution in [0.2, 0.25) is 0 Å². The first-order valence-corrected chi connectivity index (χ1v) is 5.58. The molecule has 0 bridgehead atoms. The Morgan fingerprint density at radius 1 is 1.62 bits per heavy atom. The van der Waals surface area contributed by atoms with E-state index in [1.54, 1.807) is 18.5 Å². The Hall–Kier alpha value is -1.17. The van der Waals surface area contributed by atoms with E-state index < -0.39 is 0 Å². The van der Waals surface area contributed by atoms with E-state index in [2.05, 4.69) is 10.4 Å². The molecule has 0 spiro atoms. The molecule has 2 atom stereocenters. The monoisotopic (exact) mass is 222 g/mol. The Labute approximate surface area is 95.1 Å². The maximum atomic E-state index is 5.89. The summed E-state index contributed by atoms with van der Waals surface area (Å²) in [6, 6.07) is 1.80. The molecule has 1 fully saturated rings. The highest BCUT2D eigenvalue weighted by Crippen LogP contribution is 2.27. The summed E-state index contributed by atoms with van der Waals surface area (Å²) in [6.07, 6.45) is 6.78. The van der Waals surface area contributed by atoms with Gasteiger partial charge in [-0.15, -0.1) is 0 Å². The van der Waals surface area contributed by atoms with Crippen molar-refractivity contribution in [2.75, 3.05) is 12.3 Å². The molecular weight excluding hydrogens is 204 g/mol. The SMILES string of the molecule is NNC(CC1CCCO1)c1cnccc1N. The van der Waals surface area contributed by atoms with Crippen LogP contribution in [0.4, 0.5) is 5.69 Å². The van der Waals surface area contributed by atoms with E-state index in [-0.39, 0.29) is 12.1 Å². The van der Waals surface area contributed by atoms with Gasteiger partial charge in [-0.1, -0.05) is 0 Å². The predicted molar refractivity (Wildman–Crippen MR) is 62.3 cm³/mol. The fraction of sp³-hybridized carbons (Fsp3) is 0.545. The Morgan fingerprint density at radius 2 is 2.50 bits per heavy atom. The normalized spacial score (nSPS) is 22.2. The molecule has 5 heteroatoms. The minimum Gasteiger partial charge on any atom is -0.398 e. The summed E-state index contributed by atoms with van der Waals surface area (Å²) in [5.74, 6) is 5.56. The summed E-state index contributed by atoms with van der Waals surface area (Å²) >= 11 is 0. The van der Waals surface area contributed by atoms with Gasteiger partial charge in [0.15, 0.2) is 0 Å². The van der Waals surface area contributed by atoms with Gasteiger partial charge >= 0.3 is 0 Å². The lowest BCUT2D eigenvalue weighted by molar-refractivity contribution is 0.0946. The molecule has 1 aromatic heterocycles. The maximum Gasteiger partial charge on any atom is 0.0594 e. The van der Waals surface area contributed by atoms with Gasteiger partial charge in [0.25, 0.3) is 0 Å². The Morgan fingerprint density at radius 3 is 3.12 bits per heavy atom. The van der Waals surface area contributed by atoms with Crippen LogP contribution in [0.25, 0.3) is 0 Å². The summed E-state index contributed by atoms with van der Waals surface area (Å²) in [6.45, 7) is 0.852. The first-order valence-electron chi connectivity index (χ1n) is 5.58. The Balaban J connectivity index is 2.06. The van der Waals surface area contributed by atoms with Crippen molar-refractivity contribution in [3.8, 4) is 0 Å². The Kier molecular flexibility index (Phi) is 3.71. The van der Waals surface area contributed by atoms with Gasteiger partial charge in [-0.25, -0.2) is 0 Å². The van der Waals surface area contributed by atoms with Gasteiger partial charge < -0.3 is 10.5 Å². The zero-order valence-corrected chi connectivity index (χ0v) is 9.23. The number of aromatic nitrogens is 1. The number of nitrogens with two attached hydrogens (primary N) is 2. The first-order chi connectivity index (χ1) is 7.81. The van der Waals surface area contributed by atoms with E-state index in [0.29, 0.717) is 0 Å². The molecule has 0 radical (unpaired) electrons. The molecule has 1 aromatic rings. The summed E-state index contributed by atoms with van der Waals surface area (Å²) in [5.41, 5.74) is 10.3. The lowest BCUT2D eigenvalue weighted by atomic mass is 10.00. The highest BCUT2D eigenvalue weighted by molar-refractivity contribution is 5.46. The molecule has 16 heavy (non-hydrogen) atoms. The number of pyridine rings is 1. The topological polar surface area (TPSA) is 86.2 Å². The smallest absolute Gasteiger partial charge is 0.0594 e. The minimum atomic E-state index is 0.0109. The van der Waals surface area contributed by atoms with Crippen LogP contribution in [0.5, 0.6) is 0 Å². The van der Waals surface area contributed by atoms with Crippen LogP contribution in [0, 0.1) is 0 Å². The number of anilines is 1. The summed E-state index contributed by atoms with van der Waals surface area (Å²) < 4.78 is 5.59. The van der Waals surface area contributed by atoms with Gasteiger partial charge in [0.2, 0.25) is 0 Å². The van der Waals surface area contributed by atoms with E-state index in [9.17, 15) is 0 Å². The average molecular weight is 222 g/mol. The maximum absolute atomic E-state index is 5.89. The standard InChI is InChI=1S/C11H18N4O/c12-10-3-4-14-7-9(10)11(15-13)6-8-2-1-5-16-8/h3-4,7-8,11,15H,1-2,5-6,13H2,(H2,12,14). The van der Waals surface area contributed by atoms with Crippen molar-refractivity contribution in [3.63, 3.8) is 0 Å². The second kappa shape index (κ2) is 5.25. The molecule has 2 unspecified atom stereocenters. The van der Waals surface area contributed by atoms with Crippen molar-refractivity contribution in [1.82, 2.24) is 10.4 Å². The largest absolute Gasteiger partial charge is 0.398 e. The molecule has 0 amide bonds. The van der Waals surface area contributed by atoms with E-state index in [1.165, 1.54) is 0 Å². The molecule has 0 saturated carbocycles. The molecule has 1 aliphatic rings. The zero-order valence-electron chi connectivity index (χ0n) is 9.23. The predicted octanol–water partition coefficient (Wildman–Crippen LogP) is 0.737. The quantitative estimate of drug-likeness (QED) is 0.516. The number of rotatable bonds is 4. The first kappa shape index (κ1) is 11.3. The molecule has 2 heterocycles. The third-order valence-corrected chi connectivity index (χ3v) is 2.99. The zero-order chi connectivity index (χ0) is 11.4. The number of nitrogens with zero attached hydrogens (tertiary/aromatic N) is 1. The number of ether oxygens (including phenoxy) is 1. The van der Waals surface area contributed by atoms with Gasteiger partial charge in [0.05, 0.1) is 12.1 Å². The van der Waals surface area contributed by atoms with E-state index >= 15 is 0 Å². The molecular formula is C11H18N4O. The van der Waals surface area contributed by atoms with Crippen LogP contribution in [0.3, 0.4) is 0 Å². The fourth-order valence-corrected chi connectivity index (χ4v) is 2.09. The highest BCUT2D eigenvalue weighted by atomic mass is 16.5. The average Bonchev–Trinajstić information content (AvgIpc) is 2.80. The third kappa shape index (κ3) is 2.49. The summed E-state index contributed by atoms with van der Waals surface area (Å²) in [5, 5.41) is 0. The number of hydrazine groups is 1. The second-order valence-electron chi connectivity index (χ2n) is 4.09. The minimum absolute atomic E-state index is 0.0109. The Bertz CT molecular complexity index is 339. The lowest BCUT2D eigenvalue weighted by Crippen LogP contribution is -2.31. The molecule has 1 saturated heterocycles.